The summed E-state index contributed by atoms with van der Waals surface area (Å²) in [4.78, 5) is 1.22. The van der Waals surface area contributed by atoms with E-state index in [1.54, 1.807) is 11.3 Å². The van der Waals surface area contributed by atoms with E-state index in [1.165, 1.54) is 30.6 Å². The van der Waals surface area contributed by atoms with Crippen molar-refractivity contribution in [2.24, 2.45) is 11.7 Å². The molecule has 0 radical (unpaired) electrons. The molecule has 1 aliphatic carbocycles. The van der Waals surface area contributed by atoms with E-state index < -0.39 is 0 Å². The van der Waals surface area contributed by atoms with Crippen LogP contribution in [0.1, 0.15) is 36.1 Å². The SMILES string of the molecule is NCC#Cc1ccsc1COCCC1CCC1. The van der Waals surface area contributed by atoms with E-state index in [-0.39, 0.29) is 0 Å². The van der Waals surface area contributed by atoms with Gasteiger partial charge >= 0.3 is 0 Å². The van der Waals surface area contributed by atoms with Gasteiger partial charge in [0.15, 0.2) is 0 Å². The highest BCUT2D eigenvalue weighted by molar-refractivity contribution is 7.10. The van der Waals surface area contributed by atoms with Crippen LogP contribution in [0.5, 0.6) is 0 Å². The maximum atomic E-state index is 5.72. The van der Waals surface area contributed by atoms with Crippen molar-refractivity contribution in [1.29, 1.82) is 0 Å². The molecule has 2 N–H and O–H groups in total. The summed E-state index contributed by atoms with van der Waals surface area (Å²) in [6, 6.07) is 2.04. The van der Waals surface area contributed by atoms with Gasteiger partial charge in [-0.2, -0.15) is 0 Å². The van der Waals surface area contributed by atoms with Crippen molar-refractivity contribution < 1.29 is 4.74 Å². The summed E-state index contributed by atoms with van der Waals surface area (Å²) in [6.07, 6.45) is 5.43. The molecule has 0 amide bonds. The lowest BCUT2D eigenvalue weighted by molar-refractivity contribution is 0.0965. The molecule has 2 rings (SSSR count). The number of thiophene rings is 1. The van der Waals surface area contributed by atoms with Crippen LogP contribution < -0.4 is 5.73 Å². The molecule has 2 nitrogen and oxygen atoms in total. The predicted molar refractivity (Wildman–Crippen MR) is 71.9 cm³/mol. The third-order valence-electron chi connectivity index (χ3n) is 3.20. The molecule has 1 heterocycles. The van der Waals surface area contributed by atoms with Gasteiger partial charge in [0.2, 0.25) is 0 Å². The zero-order valence-corrected chi connectivity index (χ0v) is 10.9. The van der Waals surface area contributed by atoms with E-state index in [0.717, 1.165) is 18.1 Å². The van der Waals surface area contributed by atoms with Gasteiger partial charge in [0.05, 0.1) is 13.2 Å². The van der Waals surface area contributed by atoms with Gasteiger partial charge in [0.25, 0.3) is 0 Å². The van der Waals surface area contributed by atoms with E-state index in [1.807, 2.05) is 6.07 Å². The average molecular weight is 249 g/mol. The molecule has 17 heavy (non-hydrogen) atoms. The minimum Gasteiger partial charge on any atom is -0.376 e. The first kappa shape index (κ1) is 12.6. The monoisotopic (exact) mass is 249 g/mol. The normalized spacial score (nSPS) is 15.1. The van der Waals surface area contributed by atoms with E-state index in [4.69, 9.17) is 10.5 Å². The number of hydrogen-bond acceptors (Lipinski definition) is 3. The van der Waals surface area contributed by atoms with Crippen LogP contribution in [0.2, 0.25) is 0 Å². The lowest BCUT2D eigenvalue weighted by Crippen LogP contribution is -2.13. The van der Waals surface area contributed by atoms with E-state index in [2.05, 4.69) is 17.2 Å². The molecule has 0 aliphatic heterocycles. The first-order valence-electron chi connectivity index (χ1n) is 6.23. The molecule has 0 spiro atoms. The van der Waals surface area contributed by atoms with Crippen molar-refractivity contribution in [2.75, 3.05) is 13.2 Å². The quantitative estimate of drug-likeness (QED) is 0.643. The van der Waals surface area contributed by atoms with Gasteiger partial charge in [-0.15, -0.1) is 11.3 Å². The average Bonchev–Trinajstić information content (AvgIpc) is 2.71. The highest BCUT2D eigenvalue weighted by Crippen LogP contribution is 2.29. The highest BCUT2D eigenvalue weighted by atomic mass is 32.1. The van der Waals surface area contributed by atoms with Crippen molar-refractivity contribution in [1.82, 2.24) is 0 Å². The summed E-state index contributed by atoms with van der Waals surface area (Å²) in [5.41, 5.74) is 6.44. The summed E-state index contributed by atoms with van der Waals surface area (Å²) in [5, 5.41) is 2.06. The summed E-state index contributed by atoms with van der Waals surface area (Å²) >= 11 is 1.71. The van der Waals surface area contributed by atoms with Crippen LogP contribution in [0, 0.1) is 17.8 Å². The fourth-order valence-electron chi connectivity index (χ4n) is 1.91. The Kier molecular flexibility index (Phi) is 5.06. The van der Waals surface area contributed by atoms with Crippen molar-refractivity contribution in [3.63, 3.8) is 0 Å². The molecule has 0 atom stereocenters. The molecule has 0 unspecified atom stereocenters. The van der Waals surface area contributed by atoms with Crippen LogP contribution in [0.4, 0.5) is 0 Å². The van der Waals surface area contributed by atoms with Crippen molar-refractivity contribution >= 4 is 11.3 Å². The van der Waals surface area contributed by atoms with Gasteiger partial charge < -0.3 is 10.5 Å². The van der Waals surface area contributed by atoms with Gasteiger partial charge in [-0.05, 0) is 23.8 Å². The fourth-order valence-corrected chi connectivity index (χ4v) is 2.67. The number of nitrogens with two attached hydrogens (primary N) is 1. The Hall–Kier alpha value is -0.820. The Balaban J connectivity index is 1.72. The minimum atomic E-state index is 0.415. The largest absolute Gasteiger partial charge is 0.376 e. The number of hydrogen-bond donors (Lipinski definition) is 1. The van der Waals surface area contributed by atoms with Crippen LogP contribution in [-0.4, -0.2) is 13.2 Å². The molecule has 1 aromatic rings. The fraction of sp³-hybridized carbons (Fsp3) is 0.571. The highest BCUT2D eigenvalue weighted by Gasteiger charge is 2.16. The van der Waals surface area contributed by atoms with Crippen LogP contribution in [0.25, 0.3) is 0 Å². The van der Waals surface area contributed by atoms with Crippen molar-refractivity contribution in [2.45, 2.75) is 32.3 Å². The minimum absolute atomic E-state index is 0.415. The summed E-state index contributed by atoms with van der Waals surface area (Å²) in [7, 11) is 0. The second kappa shape index (κ2) is 6.80. The molecular weight excluding hydrogens is 230 g/mol. The summed E-state index contributed by atoms with van der Waals surface area (Å²) in [6.45, 7) is 1.99. The lowest BCUT2D eigenvalue weighted by atomic mass is 9.83. The smallest absolute Gasteiger partial charge is 0.0821 e. The standard InChI is InChI=1S/C14H19NOS/c15-8-2-5-13-7-10-17-14(13)11-16-9-6-12-3-1-4-12/h7,10,12H,1,3-4,6,8-9,11,15H2. The number of rotatable bonds is 5. The Labute approximate surface area is 107 Å². The molecule has 1 aromatic heterocycles. The molecule has 1 aliphatic rings. The first-order valence-corrected chi connectivity index (χ1v) is 7.11. The van der Waals surface area contributed by atoms with E-state index >= 15 is 0 Å². The summed E-state index contributed by atoms with van der Waals surface area (Å²) in [5.74, 6) is 6.89. The Bertz CT molecular complexity index is 398. The van der Waals surface area contributed by atoms with Gasteiger partial charge in [-0.25, -0.2) is 0 Å². The molecule has 1 saturated carbocycles. The van der Waals surface area contributed by atoms with Gasteiger partial charge in [0, 0.05) is 17.0 Å². The molecule has 3 heteroatoms. The molecule has 1 fully saturated rings. The Morgan fingerprint density at radius 3 is 3.06 bits per heavy atom. The maximum absolute atomic E-state index is 5.72. The second-order valence-corrected chi connectivity index (χ2v) is 5.40. The first-order chi connectivity index (χ1) is 8.40. The molecule has 0 aromatic carbocycles. The van der Waals surface area contributed by atoms with Crippen LogP contribution in [-0.2, 0) is 11.3 Å². The third-order valence-corrected chi connectivity index (χ3v) is 4.09. The molecule has 0 bridgehead atoms. The summed E-state index contributed by atoms with van der Waals surface area (Å²) < 4.78 is 5.72. The van der Waals surface area contributed by atoms with Crippen molar-refractivity contribution in [3.8, 4) is 11.8 Å². The Morgan fingerprint density at radius 2 is 2.35 bits per heavy atom. The topological polar surface area (TPSA) is 35.2 Å². The molecule has 92 valence electrons. The van der Waals surface area contributed by atoms with Crippen LogP contribution in [0.15, 0.2) is 11.4 Å². The zero-order valence-electron chi connectivity index (χ0n) is 10.1. The van der Waals surface area contributed by atoms with Crippen molar-refractivity contribution in [3.05, 3.63) is 21.9 Å². The predicted octanol–water partition coefficient (Wildman–Crippen LogP) is 2.77. The Morgan fingerprint density at radius 1 is 1.47 bits per heavy atom. The second-order valence-electron chi connectivity index (χ2n) is 4.40. The van der Waals surface area contributed by atoms with Gasteiger partial charge in [-0.1, -0.05) is 31.1 Å². The number of ether oxygens (including phenoxy) is 1. The maximum Gasteiger partial charge on any atom is 0.0821 e. The third kappa shape index (κ3) is 3.85. The van der Waals surface area contributed by atoms with E-state index in [9.17, 15) is 0 Å². The molecule has 0 saturated heterocycles. The van der Waals surface area contributed by atoms with Gasteiger partial charge in [-0.3, -0.25) is 0 Å². The molecular formula is C14H19NOS. The van der Waals surface area contributed by atoms with Gasteiger partial charge in [0.1, 0.15) is 0 Å². The zero-order chi connectivity index (χ0) is 11.9. The van der Waals surface area contributed by atoms with E-state index in [0.29, 0.717) is 13.2 Å². The van der Waals surface area contributed by atoms with Crippen LogP contribution >= 0.6 is 11.3 Å². The van der Waals surface area contributed by atoms with Crippen LogP contribution in [0.3, 0.4) is 0 Å². The lowest BCUT2D eigenvalue weighted by Gasteiger charge is -2.24.